The van der Waals surface area contributed by atoms with Gasteiger partial charge < -0.3 is 10.2 Å². The second kappa shape index (κ2) is 12.1. The Labute approximate surface area is 220 Å². The number of sulfonamides is 1. The summed E-state index contributed by atoms with van der Waals surface area (Å²) >= 11 is 0. The zero-order valence-corrected chi connectivity index (χ0v) is 22.9. The molecule has 3 aromatic rings. The number of carbonyl (C=O) groups excluding carboxylic acids is 2. The number of carbonyl (C=O) groups is 2. The van der Waals surface area contributed by atoms with Gasteiger partial charge in [0, 0.05) is 20.0 Å². The fourth-order valence-corrected chi connectivity index (χ4v) is 5.28. The molecular weight excluding hydrogens is 486 g/mol. The number of hydrogen-bond donors (Lipinski definition) is 1. The van der Waals surface area contributed by atoms with Gasteiger partial charge >= 0.3 is 0 Å². The number of likely N-dealkylation sites (N-methyl/N-ethyl adjacent to an activating group) is 1. The van der Waals surface area contributed by atoms with Crippen LogP contribution in [-0.4, -0.2) is 51.0 Å². The third-order valence-electron chi connectivity index (χ3n) is 6.42. The van der Waals surface area contributed by atoms with Crippen LogP contribution in [0.1, 0.15) is 27.8 Å². The fraction of sp³-hybridized carbons (Fsp3) is 0.310. The molecule has 0 aromatic heterocycles. The molecule has 0 aliphatic heterocycles. The standard InChI is InChI=1S/C29H35N3O4S/c1-21-15-16-26(23(3)17-21)32(37(5,35)36)20-28(33)31(19-25-14-10-9-11-22(25)2)27(29(34)30-4)18-24-12-7-6-8-13-24/h6-17,27H,18-20H2,1-5H3,(H,30,34)/t27-/m0/s1. The maximum Gasteiger partial charge on any atom is 0.244 e. The molecule has 37 heavy (non-hydrogen) atoms. The van der Waals surface area contributed by atoms with Crippen LogP contribution in [0, 0.1) is 20.8 Å². The van der Waals surface area contributed by atoms with E-state index in [9.17, 15) is 18.0 Å². The van der Waals surface area contributed by atoms with Gasteiger partial charge in [0.15, 0.2) is 0 Å². The van der Waals surface area contributed by atoms with Gasteiger partial charge in [-0.2, -0.15) is 0 Å². The molecule has 2 amide bonds. The van der Waals surface area contributed by atoms with E-state index in [0.29, 0.717) is 12.1 Å². The van der Waals surface area contributed by atoms with Crippen molar-refractivity contribution in [3.8, 4) is 0 Å². The Morgan fingerprint density at radius 1 is 0.892 bits per heavy atom. The molecule has 0 unspecified atom stereocenters. The highest BCUT2D eigenvalue weighted by Crippen LogP contribution is 2.25. The van der Waals surface area contributed by atoms with Crippen molar-refractivity contribution in [2.45, 2.75) is 39.8 Å². The molecule has 8 heteroatoms. The molecule has 0 bridgehead atoms. The Hall–Kier alpha value is -3.65. The zero-order valence-electron chi connectivity index (χ0n) is 22.1. The maximum absolute atomic E-state index is 14.0. The van der Waals surface area contributed by atoms with Crippen molar-refractivity contribution in [2.24, 2.45) is 0 Å². The number of amides is 2. The predicted octanol–water partition coefficient (Wildman–Crippen LogP) is 3.76. The summed E-state index contributed by atoms with van der Waals surface area (Å²) in [5, 5.41) is 2.69. The number of hydrogen-bond acceptors (Lipinski definition) is 4. The van der Waals surface area contributed by atoms with Gasteiger partial charge in [-0.1, -0.05) is 72.3 Å². The Bertz CT molecular complexity index is 1360. The van der Waals surface area contributed by atoms with Crippen LogP contribution in [-0.2, 0) is 32.6 Å². The molecule has 3 rings (SSSR count). The van der Waals surface area contributed by atoms with Gasteiger partial charge in [-0.15, -0.1) is 0 Å². The predicted molar refractivity (Wildman–Crippen MR) is 148 cm³/mol. The third kappa shape index (κ3) is 7.20. The average molecular weight is 522 g/mol. The van der Waals surface area contributed by atoms with E-state index in [0.717, 1.165) is 38.4 Å². The van der Waals surface area contributed by atoms with Crippen LogP contribution in [0.5, 0.6) is 0 Å². The highest BCUT2D eigenvalue weighted by Gasteiger charge is 2.33. The van der Waals surface area contributed by atoms with Gasteiger partial charge in [-0.05, 0) is 49.1 Å². The normalized spacial score (nSPS) is 12.0. The first-order chi connectivity index (χ1) is 17.5. The summed E-state index contributed by atoms with van der Waals surface area (Å²) in [4.78, 5) is 28.6. The van der Waals surface area contributed by atoms with E-state index in [1.54, 1.807) is 6.07 Å². The zero-order chi connectivity index (χ0) is 27.2. The molecule has 0 spiro atoms. The summed E-state index contributed by atoms with van der Waals surface area (Å²) in [5.41, 5.74) is 4.94. The van der Waals surface area contributed by atoms with Gasteiger partial charge in [0.2, 0.25) is 21.8 Å². The molecule has 7 nitrogen and oxygen atoms in total. The molecule has 196 valence electrons. The Morgan fingerprint density at radius 3 is 2.14 bits per heavy atom. The van der Waals surface area contributed by atoms with Crippen molar-refractivity contribution in [3.63, 3.8) is 0 Å². The van der Waals surface area contributed by atoms with E-state index in [1.165, 1.54) is 11.9 Å². The molecule has 0 aliphatic carbocycles. The largest absolute Gasteiger partial charge is 0.357 e. The highest BCUT2D eigenvalue weighted by molar-refractivity contribution is 7.92. The number of benzene rings is 3. The van der Waals surface area contributed by atoms with Gasteiger partial charge in [-0.3, -0.25) is 13.9 Å². The summed E-state index contributed by atoms with van der Waals surface area (Å²) in [7, 11) is -2.25. The van der Waals surface area contributed by atoms with Crippen LogP contribution < -0.4 is 9.62 Å². The monoisotopic (exact) mass is 521 g/mol. The quantitative estimate of drug-likeness (QED) is 0.440. The summed E-state index contributed by atoms with van der Waals surface area (Å²) < 4.78 is 26.9. The highest BCUT2D eigenvalue weighted by atomic mass is 32.2. The van der Waals surface area contributed by atoms with E-state index >= 15 is 0 Å². The number of aryl methyl sites for hydroxylation is 3. The maximum atomic E-state index is 14.0. The molecule has 0 fully saturated rings. The van der Waals surface area contributed by atoms with Crippen LogP contribution >= 0.6 is 0 Å². The lowest BCUT2D eigenvalue weighted by Gasteiger charge is -2.34. The molecule has 0 radical (unpaired) electrons. The van der Waals surface area contributed by atoms with Crippen LogP contribution in [0.3, 0.4) is 0 Å². The SMILES string of the molecule is CNC(=O)[C@H](Cc1ccccc1)N(Cc1ccccc1C)C(=O)CN(c1ccc(C)cc1C)S(C)(=O)=O. The van der Waals surface area contributed by atoms with E-state index in [4.69, 9.17) is 0 Å². The van der Waals surface area contributed by atoms with Crippen molar-refractivity contribution < 1.29 is 18.0 Å². The van der Waals surface area contributed by atoms with Crippen LogP contribution in [0.2, 0.25) is 0 Å². The van der Waals surface area contributed by atoms with E-state index in [2.05, 4.69) is 5.32 Å². The van der Waals surface area contributed by atoms with Gasteiger partial charge in [0.05, 0.1) is 11.9 Å². The molecule has 1 atom stereocenters. The first kappa shape index (κ1) is 27.9. The van der Waals surface area contributed by atoms with Crippen molar-refractivity contribution in [2.75, 3.05) is 24.2 Å². The van der Waals surface area contributed by atoms with E-state index in [-0.39, 0.29) is 12.5 Å². The minimum absolute atomic E-state index is 0.168. The number of anilines is 1. The summed E-state index contributed by atoms with van der Waals surface area (Å²) in [5.74, 6) is -0.776. The fourth-order valence-electron chi connectivity index (χ4n) is 4.37. The van der Waals surface area contributed by atoms with Crippen LogP contribution in [0.4, 0.5) is 5.69 Å². The van der Waals surface area contributed by atoms with E-state index in [1.807, 2.05) is 87.5 Å². The number of nitrogens with one attached hydrogen (secondary N) is 1. The molecule has 0 saturated heterocycles. The Kier molecular flexibility index (Phi) is 9.10. The lowest BCUT2D eigenvalue weighted by Crippen LogP contribution is -2.53. The first-order valence-electron chi connectivity index (χ1n) is 12.2. The van der Waals surface area contributed by atoms with Crippen molar-refractivity contribution in [1.29, 1.82) is 0 Å². The van der Waals surface area contributed by atoms with Gasteiger partial charge in [0.25, 0.3) is 0 Å². The summed E-state index contributed by atoms with van der Waals surface area (Å²) in [6.45, 7) is 5.44. The van der Waals surface area contributed by atoms with Crippen molar-refractivity contribution in [3.05, 3.63) is 101 Å². The van der Waals surface area contributed by atoms with E-state index < -0.39 is 28.5 Å². The Morgan fingerprint density at radius 2 is 1.54 bits per heavy atom. The third-order valence-corrected chi connectivity index (χ3v) is 7.55. The molecule has 1 N–H and O–H groups in total. The average Bonchev–Trinajstić information content (AvgIpc) is 2.85. The Balaban J connectivity index is 2.06. The molecule has 0 aliphatic rings. The second-order valence-corrected chi connectivity index (χ2v) is 11.2. The summed E-state index contributed by atoms with van der Waals surface area (Å²) in [6, 6.07) is 21.7. The summed E-state index contributed by atoms with van der Waals surface area (Å²) in [6.07, 6.45) is 1.38. The van der Waals surface area contributed by atoms with Crippen LogP contribution in [0.25, 0.3) is 0 Å². The van der Waals surface area contributed by atoms with Gasteiger partial charge in [0.1, 0.15) is 12.6 Å². The number of nitrogens with zero attached hydrogens (tertiary/aromatic N) is 2. The van der Waals surface area contributed by atoms with Crippen molar-refractivity contribution >= 4 is 27.5 Å². The second-order valence-electron chi connectivity index (χ2n) is 9.33. The lowest BCUT2D eigenvalue weighted by molar-refractivity contribution is -0.139. The van der Waals surface area contributed by atoms with Gasteiger partial charge in [-0.25, -0.2) is 8.42 Å². The molecule has 3 aromatic carbocycles. The molecule has 0 heterocycles. The lowest BCUT2D eigenvalue weighted by atomic mass is 10.0. The molecule has 0 saturated carbocycles. The van der Waals surface area contributed by atoms with Crippen molar-refractivity contribution in [1.82, 2.24) is 10.2 Å². The first-order valence-corrected chi connectivity index (χ1v) is 14.0. The molecular formula is C29H35N3O4S. The topological polar surface area (TPSA) is 86.8 Å². The smallest absolute Gasteiger partial charge is 0.244 e. The minimum atomic E-state index is -3.79. The van der Waals surface area contributed by atoms with Crippen LogP contribution in [0.15, 0.2) is 72.8 Å². The minimum Gasteiger partial charge on any atom is -0.357 e. The number of rotatable bonds is 10.